The summed E-state index contributed by atoms with van der Waals surface area (Å²) in [6.45, 7) is 4.20. The van der Waals surface area contributed by atoms with Gasteiger partial charge in [0.15, 0.2) is 0 Å². The molecule has 0 unspecified atom stereocenters. The Hall–Kier alpha value is -0.620. The molecular formula is C16H30N2O3S. The fourth-order valence-corrected chi connectivity index (χ4v) is 4.52. The van der Waals surface area contributed by atoms with Gasteiger partial charge in [0.1, 0.15) is 0 Å². The van der Waals surface area contributed by atoms with E-state index in [0.717, 1.165) is 18.8 Å². The predicted molar refractivity (Wildman–Crippen MR) is 88.0 cm³/mol. The van der Waals surface area contributed by atoms with Crippen LogP contribution >= 0.6 is 0 Å². The van der Waals surface area contributed by atoms with E-state index in [-0.39, 0.29) is 11.8 Å². The Balaban J connectivity index is 1.77. The molecule has 1 heterocycles. The van der Waals surface area contributed by atoms with Gasteiger partial charge in [-0.1, -0.05) is 26.2 Å². The van der Waals surface area contributed by atoms with E-state index in [0.29, 0.717) is 26.2 Å². The van der Waals surface area contributed by atoms with Gasteiger partial charge >= 0.3 is 0 Å². The predicted octanol–water partition coefficient (Wildman–Crippen LogP) is 2.09. The van der Waals surface area contributed by atoms with E-state index in [4.69, 9.17) is 0 Å². The number of unbranched alkanes of at least 4 members (excludes halogenated alkanes) is 1. The van der Waals surface area contributed by atoms with Gasteiger partial charge in [0.05, 0.1) is 6.26 Å². The Morgan fingerprint density at radius 2 is 1.64 bits per heavy atom. The molecule has 2 fully saturated rings. The highest BCUT2D eigenvalue weighted by molar-refractivity contribution is 7.88. The van der Waals surface area contributed by atoms with Crippen LogP contribution in [0.25, 0.3) is 0 Å². The lowest BCUT2D eigenvalue weighted by Crippen LogP contribution is -2.51. The first-order valence-electron chi connectivity index (χ1n) is 8.65. The third kappa shape index (κ3) is 4.69. The van der Waals surface area contributed by atoms with Crippen LogP contribution in [0, 0.1) is 11.8 Å². The molecule has 0 aromatic heterocycles. The summed E-state index contributed by atoms with van der Waals surface area (Å²) in [5, 5.41) is 0. The van der Waals surface area contributed by atoms with Crippen molar-refractivity contribution < 1.29 is 13.2 Å². The second kappa shape index (κ2) is 7.77. The van der Waals surface area contributed by atoms with Crippen molar-refractivity contribution >= 4 is 15.9 Å². The minimum absolute atomic E-state index is 0.169. The lowest BCUT2D eigenvalue weighted by Gasteiger charge is -2.37. The lowest BCUT2D eigenvalue weighted by molar-refractivity contribution is -0.138. The minimum Gasteiger partial charge on any atom is -0.340 e. The molecule has 5 nitrogen and oxygen atoms in total. The van der Waals surface area contributed by atoms with Crippen molar-refractivity contribution in [2.75, 3.05) is 32.4 Å². The summed E-state index contributed by atoms with van der Waals surface area (Å²) in [5.41, 5.74) is 0. The standard InChI is InChI=1S/C16H30N2O3S/c1-3-4-5-14-6-8-15(9-7-14)16(19)17-10-12-18(13-11-17)22(2,20)21/h14-15H,3-13H2,1-2H3. The molecule has 0 radical (unpaired) electrons. The maximum Gasteiger partial charge on any atom is 0.225 e. The molecule has 22 heavy (non-hydrogen) atoms. The van der Waals surface area contributed by atoms with Crippen molar-refractivity contribution in [3.05, 3.63) is 0 Å². The Bertz CT molecular complexity index is 462. The molecule has 1 amide bonds. The summed E-state index contributed by atoms with van der Waals surface area (Å²) < 4.78 is 24.5. The summed E-state index contributed by atoms with van der Waals surface area (Å²) in [4.78, 5) is 14.5. The molecular weight excluding hydrogens is 300 g/mol. The van der Waals surface area contributed by atoms with E-state index in [2.05, 4.69) is 6.92 Å². The summed E-state index contributed by atoms with van der Waals surface area (Å²) in [6.07, 6.45) is 9.49. The topological polar surface area (TPSA) is 57.7 Å². The van der Waals surface area contributed by atoms with Crippen LogP contribution in [0.2, 0.25) is 0 Å². The van der Waals surface area contributed by atoms with Crippen molar-refractivity contribution in [2.24, 2.45) is 11.8 Å². The van der Waals surface area contributed by atoms with Crippen molar-refractivity contribution in [2.45, 2.75) is 51.9 Å². The monoisotopic (exact) mass is 330 g/mol. The molecule has 0 bridgehead atoms. The van der Waals surface area contributed by atoms with Gasteiger partial charge in [-0.2, -0.15) is 4.31 Å². The van der Waals surface area contributed by atoms with Gasteiger partial charge in [-0.15, -0.1) is 0 Å². The average molecular weight is 330 g/mol. The zero-order valence-corrected chi connectivity index (χ0v) is 14.8. The van der Waals surface area contributed by atoms with Crippen LogP contribution in [0.1, 0.15) is 51.9 Å². The number of rotatable bonds is 5. The summed E-state index contributed by atoms with van der Waals surface area (Å²) >= 11 is 0. The molecule has 2 aliphatic rings. The molecule has 1 saturated heterocycles. The Morgan fingerprint density at radius 1 is 1.05 bits per heavy atom. The summed E-state index contributed by atoms with van der Waals surface area (Å²) in [6, 6.07) is 0. The second-order valence-corrected chi connectivity index (χ2v) is 8.83. The van der Waals surface area contributed by atoms with E-state index in [1.807, 2.05) is 4.90 Å². The van der Waals surface area contributed by atoms with Gasteiger partial charge < -0.3 is 4.90 Å². The molecule has 1 aliphatic heterocycles. The zero-order chi connectivity index (χ0) is 16.2. The maximum absolute atomic E-state index is 12.6. The largest absolute Gasteiger partial charge is 0.340 e. The highest BCUT2D eigenvalue weighted by Crippen LogP contribution is 2.33. The van der Waals surface area contributed by atoms with Crippen LogP contribution in [-0.4, -0.2) is 56.0 Å². The van der Waals surface area contributed by atoms with Crippen LogP contribution in [-0.2, 0) is 14.8 Å². The maximum atomic E-state index is 12.6. The summed E-state index contributed by atoms with van der Waals surface area (Å²) in [7, 11) is -3.12. The normalized spacial score (nSPS) is 27.8. The molecule has 0 aromatic rings. The molecule has 6 heteroatoms. The van der Waals surface area contributed by atoms with E-state index in [9.17, 15) is 13.2 Å². The average Bonchev–Trinajstić information content (AvgIpc) is 2.52. The number of nitrogens with zero attached hydrogens (tertiary/aromatic N) is 2. The van der Waals surface area contributed by atoms with Crippen LogP contribution in [0.4, 0.5) is 0 Å². The first-order valence-corrected chi connectivity index (χ1v) is 10.5. The summed E-state index contributed by atoms with van der Waals surface area (Å²) in [5.74, 6) is 1.23. The van der Waals surface area contributed by atoms with Crippen LogP contribution in [0.3, 0.4) is 0 Å². The second-order valence-electron chi connectivity index (χ2n) is 6.85. The van der Waals surface area contributed by atoms with Gasteiger partial charge in [-0.25, -0.2) is 8.42 Å². The molecule has 1 aliphatic carbocycles. The smallest absolute Gasteiger partial charge is 0.225 e. The minimum atomic E-state index is -3.12. The molecule has 1 saturated carbocycles. The fraction of sp³-hybridized carbons (Fsp3) is 0.938. The number of sulfonamides is 1. The Kier molecular flexibility index (Phi) is 6.26. The van der Waals surface area contributed by atoms with Crippen molar-refractivity contribution in [3.8, 4) is 0 Å². The van der Waals surface area contributed by atoms with E-state index < -0.39 is 10.0 Å². The Morgan fingerprint density at radius 3 is 2.14 bits per heavy atom. The molecule has 2 rings (SSSR count). The van der Waals surface area contributed by atoms with E-state index >= 15 is 0 Å². The van der Waals surface area contributed by atoms with Crippen LogP contribution in [0.15, 0.2) is 0 Å². The number of amides is 1. The van der Waals surface area contributed by atoms with Gasteiger partial charge in [-0.3, -0.25) is 4.79 Å². The van der Waals surface area contributed by atoms with Crippen molar-refractivity contribution in [1.29, 1.82) is 0 Å². The van der Waals surface area contributed by atoms with Crippen molar-refractivity contribution in [1.82, 2.24) is 9.21 Å². The lowest BCUT2D eigenvalue weighted by atomic mass is 9.79. The quantitative estimate of drug-likeness (QED) is 0.775. The van der Waals surface area contributed by atoms with Crippen molar-refractivity contribution in [3.63, 3.8) is 0 Å². The third-order valence-electron chi connectivity index (χ3n) is 5.18. The number of hydrogen-bond donors (Lipinski definition) is 0. The molecule has 128 valence electrons. The first-order chi connectivity index (χ1) is 10.4. The number of carbonyl (C=O) groups excluding carboxylic acids is 1. The number of carbonyl (C=O) groups is 1. The number of piperazine rings is 1. The fourth-order valence-electron chi connectivity index (χ4n) is 3.69. The van der Waals surface area contributed by atoms with Crippen LogP contribution < -0.4 is 0 Å². The van der Waals surface area contributed by atoms with Gasteiger partial charge in [0.25, 0.3) is 0 Å². The molecule has 0 atom stereocenters. The highest BCUT2D eigenvalue weighted by Gasteiger charge is 2.32. The number of hydrogen-bond acceptors (Lipinski definition) is 3. The van der Waals surface area contributed by atoms with E-state index in [1.165, 1.54) is 42.7 Å². The first kappa shape index (κ1) is 17.7. The van der Waals surface area contributed by atoms with Gasteiger partial charge in [0.2, 0.25) is 15.9 Å². The van der Waals surface area contributed by atoms with Gasteiger partial charge in [-0.05, 0) is 31.6 Å². The molecule has 0 spiro atoms. The van der Waals surface area contributed by atoms with Gasteiger partial charge in [0, 0.05) is 32.1 Å². The highest BCUT2D eigenvalue weighted by atomic mass is 32.2. The zero-order valence-electron chi connectivity index (χ0n) is 14.0. The van der Waals surface area contributed by atoms with E-state index in [1.54, 1.807) is 0 Å². The molecule has 0 aromatic carbocycles. The SMILES string of the molecule is CCCCC1CCC(C(=O)N2CCN(S(C)(=O)=O)CC2)CC1. The third-order valence-corrected chi connectivity index (χ3v) is 6.48. The molecule has 0 N–H and O–H groups in total. The Labute approximate surface area is 135 Å². The van der Waals surface area contributed by atoms with Crippen LogP contribution in [0.5, 0.6) is 0 Å².